The molecule has 3 aliphatic carbocycles. The molecule has 1 amide bonds. The number of aromatic nitrogens is 2. The van der Waals surface area contributed by atoms with Crippen molar-refractivity contribution in [2.24, 2.45) is 11.3 Å². The van der Waals surface area contributed by atoms with Crippen molar-refractivity contribution in [1.82, 2.24) is 9.97 Å². The van der Waals surface area contributed by atoms with Gasteiger partial charge in [-0.05, 0) is 36.1 Å². The molecule has 2 aromatic heterocycles. The molecular weight excluding hydrogens is 392 g/mol. The summed E-state index contributed by atoms with van der Waals surface area (Å²) in [4.78, 5) is 33.6. The summed E-state index contributed by atoms with van der Waals surface area (Å²) in [5, 5.41) is 12.8. The van der Waals surface area contributed by atoms with E-state index in [-0.39, 0.29) is 17.1 Å². The van der Waals surface area contributed by atoms with Crippen LogP contribution in [0.5, 0.6) is 0 Å². The fourth-order valence-corrected chi connectivity index (χ4v) is 4.93. The van der Waals surface area contributed by atoms with Crippen molar-refractivity contribution in [3.05, 3.63) is 59.9 Å². The number of carboxylic acid groups (broad SMARTS) is 1. The van der Waals surface area contributed by atoms with E-state index in [0.29, 0.717) is 11.7 Å². The number of nitrogens with one attached hydrogen (secondary N) is 2. The molecule has 7 nitrogen and oxygen atoms in total. The van der Waals surface area contributed by atoms with Gasteiger partial charge in [-0.1, -0.05) is 32.0 Å². The molecule has 6 rings (SSSR count). The SMILES string of the molecule is CN(C(=O)O)c1cc(-c2[nH]c3c(c2Nc2ccccc2)C(=O)[C@@H]2C[C@H]3C2(C)C)ccn1. The molecule has 2 heterocycles. The number of nitrogens with zero attached hydrogens (tertiary/aromatic N) is 2. The predicted octanol–water partition coefficient (Wildman–Crippen LogP) is 5.26. The highest BCUT2D eigenvalue weighted by Crippen LogP contribution is 2.63. The molecule has 1 aromatic carbocycles. The second-order valence-corrected chi connectivity index (χ2v) is 8.93. The number of H-pyrrole nitrogens is 1. The number of hydrogen-bond donors (Lipinski definition) is 3. The smallest absolute Gasteiger partial charge is 0.412 e. The Bertz CT molecular complexity index is 1200. The molecule has 0 radical (unpaired) electrons. The first-order valence-corrected chi connectivity index (χ1v) is 10.3. The first-order valence-electron chi connectivity index (χ1n) is 10.3. The molecule has 0 aliphatic heterocycles. The van der Waals surface area contributed by atoms with Gasteiger partial charge in [0.2, 0.25) is 0 Å². The average molecular weight is 416 g/mol. The zero-order valence-corrected chi connectivity index (χ0v) is 17.6. The van der Waals surface area contributed by atoms with Crippen LogP contribution in [-0.2, 0) is 0 Å². The van der Waals surface area contributed by atoms with Gasteiger partial charge in [-0.25, -0.2) is 9.78 Å². The first kappa shape index (κ1) is 19.4. The van der Waals surface area contributed by atoms with Crippen LogP contribution in [0.2, 0.25) is 0 Å². The zero-order valence-electron chi connectivity index (χ0n) is 17.6. The maximum Gasteiger partial charge on any atom is 0.412 e. The Morgan fingerprint density at radius 2 is 1.97 bits per heavy atom. The van der Waals surface area contributed by atoms with Gasteiger partial charge < -0.3 is 15.4 Å². The molecule has 0 saturated heterocycles. The quantitative estimate of drug-likeness (QED) is 0.539. The molecular formula is C24H24N4O3. The number of ketones is 1. The topological polar surface area (TPSA) is 98.3 Å². The van der Waals surface area contributed by atoms with Crippen LogP contribution in [0.4, 0.5) is 22.0 Å². The Morgan fingerprint density at radius 3 is 2.65 bits per heavy atom. The maximum absolute atomic E-state index is 13.4. The van der Waals surface area contributed by atoms with Gasteiger partial charge in [0, 0.05) is 42.0 Å². The number of aromatic amines is 1. The van der Waals surface area contributed by atoms with Gasteiger partial charge in [-0.3, -0.25) is 9.69 Å². The number of hydrogen-bond acceptors (Lipinski definition) is 4. The molecule has 0 unspecified atom stereocenters. The summed E-state index contributed by atoms with van der Waals surface area (Å²) >= 11 is 0. The number of carbonyl (C=O) groups excluding carboxylic acids is 1. The van der Waals surface area contributed by atoms with Gasteiger partial charge in [0.15, 0.2) is 5.78 Å². The normalized spacial score (nSPS) is 20.5. The van der Waals surface area contributed by atoms with Crippen LogP contribution in [0.3, 0.4) is 0 Å². The van der Waals surface area contributed by atoms with Crippen LogP contribution < -0.4 is 10.2 Å². The minimum atomic E-state index is -1.09. The standard InChI is InChI=1S/C24H24N4O3/c1-24(2)15-12-16(24)22(29)18-20(15)27-19(21(18)26-14-7-5-4-6-8-14)13-9-10-25-17(11-13)28(3)23(30)31/h4-11,15-16,26-27H,12H2,1-3H3,(H,30,31)/t15-,16+/m1/s1. The molecule has 2 bridgehead atoms. The second-order valence-electron chi connectivity index (χ2n) is 8.93. The Balaban J connectivity index is 1.68. The summed E-state index contributed by atoms with van der Waals surface area (Å²) in [5.74, 6) is 0.800. The van der Waals surface area contributed by atoms with Crippen molar-refractivity contribution in [2.45, 2.75) is 26.2 Å². The summed E-state index contributed by atoms with van der Waals surface area (Å²) in [7, 11) is 1.46. The number of amides is 1. The molecule has 1 saturated carbocycles. The Labute approximate surface area is 180 Å². The lowest BCUT2D eigenvalue weighted by atomic mass is 9.48. The maximum atomic E-state index is 13.4. The zero-order chi connectivity index (χ0) is 21.9. The number of rotatable bonds is 4. The number of Topliss-reactive ketones (excluding diaryl/α,β-unsaturated/α-hetero) is 1. The number of pyridine rings is 1. The number of carbonyl (C=O) groups is 2. The Morgan fingerprint density at radius 1 is 1.23 bits per heavy atom. The molecule has 7 heteroatoms. The van der Waals surface area contributed by atoms with E-state index in [0.717, 1.165) is 45.2 Å². The summed E-state index contributed by atoms with van der Waals surface area (Å²) in [6, 6.07) is 13.3. The van der Waals surface area contributed by atoms with E-state index in [1.54, 1.807) is 12.3 Å². The first-order chi connectivity index (χ1) is 14.8. The molecule has 3 aliphatic rings. The second kappa shape index (κ2) is 6.70. The predicted molar refractivity (Wildman–Crippen MR) is 119 cm³/mol. The Hall–Kier alpha value is -3.61. The highest BCUT2D eigenvalue weighted by molar-refractivity contribution is 6.10. The van der Waals surface area contributed by atoms with Crippen molar-refractivity contribution < 1.29 is 14.7 Å². The van der Waals surface area contributed by atoms with E-state index in [4.69, 9.17) is 0 Å². The third-order valence-electron chi connectivity index (χ3n) is 6.92. The van der Waals surface area contributed by atoms with E-state index in [1.165, 1.54) is 7.05 Å². The largest absolute Gasteiger partial charge is 0.465 e. The van der Waals surface area contributed by atoms with Crippen molar-refractivity contribution in [3.63, 3.8) is 0 Å². The fourth-order valence-electron chi connectivity index (χ4n) is 4.93. The van der Waals surface area contributed by atoms with Crippen LogP contribution in [0.25, 0.3) is 11.3 Å². The average Bonchev–Trinajstić information content (AvgIpc) is 3.13. The number of anilines is 3. The van der Waals surface area contributed by atoms with Crippen molar-refractivity contribution >= 4 is 29.1 Å². The van der Waals surface area contributed by atoms with Gasteiger partial charge in [-0.15, -0.1) is 0 Å². The lowest BCUT2D eigenvalue weighted by molar-refractivity contribution is 0.0196. The van der Waals surface area contributed by atoms with Crippen molar-refractivity contribution in [3.8, 4) is 11.3 Å². The Kier molecular flexibility index (Phi) is 4.18. The van der Waals surface area contributed by atoms with Crippen LogP contribution in [0.15, 0.2) is 48.7 Å². The molecule has 1 fully saturated rings. The highest BCUT2D eigenvalue weighted by Gasteiger charge is 2.58. The minimum absolute atomic E-state index is 0.0242. The third kappa shape index (κ3) is 2.84. The fraction of sp³-hybridized carbons (Fsp3) is 0.292. The van der Waals surface area contributed by atoms with Crippen LogP contribution in [-0.4, -0.2) is 34.0 Å². The third-order valence-corrected chi connectivity index (χ3v) is 6.92. The lowest BCUT2D eigenvalue weighted by Gasteiger charge is -2.54. The van der Waals surface area contributed by atoms with E-state index in [2.05, 4.69) is 29.1 Å². The van der Waals surface area contributed by atoms with Gasteiger partial charge >= 0.3 is 6.09 Å². The van der Waals surface area contributed by atoms with Crippen molar-refractivity contribution in [1.29, 1.82) is 0 Å². The molecule has 3 N–H and O–H groups in total. The van der Waals surface area contributed by atoms with Gasteiger partial charge in [0.25, 0.3) is 0 Å². The van der Waals surface area contributed by atoms with Gasteiger partial charge in [-0.2, -0.15) is 0 Å². The van der Waals surface area contributed by atoms with Crippen LogP contribution >= 0.6 is 0 Å². The summed E-state index contributed by atoms with van der Waals surface area (Å²) in [5.41, 5.74) is 4.80. The van der Waals surface area contributed by atoms with Gasteiger partial charge in [0.05, 0.1) is 16.9 Å². The van der Waals surface area contributed by atoms with Crippen LogP contribution in [0, 0.1) is 11.3 Å². The van der Waals surface area contributed by atoms with Gasteiger partial charge in [0.1, 0.15) is 5.82 Å². The summed E-state index contributed by atoms with van der Waals surface area (Å²) in [6.45, 7) is 4.31. The molecule has 31 heavy (non-hydrogen) atoms. The lowest BCUT2D eigenvalue weighted by Crippen LogP contribution is -2.51. The monoisotopic (exact) mass is 416 g/mol. The van der Waals surface area contributed by atoms with E-state index >= 15 is 0 Å². The summed E-state index contributed by atoms with van der Waals surface area (Å²) in [6.07, 6.45) is 1.37. The minimum Gasteiger partial charge on any atom is -0.465 e. The van der Waals surface area contributed by atoms with E-state index in [9.17, 15) is 14.7 Å². The highest BCUT2D eigenvalue weighted by atomic mass is 16.4. The summed E-state index contributed by atoms with van der Waals surface area (Å²) < 4.78 is 0. The van der Waals surface area contributed by atoms with E-state index < -0.39 is 6.09 Å². The molecule has 158 valence electrons. The van der Waals surface area contributed by atoms with Crippen molar-refractivity contribution in [2.75, 3.05) is 17.3 Å². The number of para-hydroxylation sites is 1. The number of benzene rings is 1. The van der Waals surface area contributed by atoms with Crippen LogP contribution in [0.1, 0.15) is 42.2 Å². The molecule has 0 spiro atoms. The van der Waals surface area contributed by atoms with E-state index in [1.807, 2.05) is 36.4 Å². The molecule has 2 atom stereocenters. The molecule has 3 aromatic rings.